The van der Waals surface area contributed by atoms with Gasteiger partial charge in [-0.2, -0.15) is 5.10 Å². The van der Waals surface area contributed by atoms with E-state index in [4.69, 9.17) is 11.6 Å². The summed E-state index contributed by atoms with van der Waals surface area (Å²) in [4.78, 5) is 37.5. The molecule has 0 bridgehead atoms. The van der Waals surface area contributed by atoms with Crippen molar-refractivity contribution >= 4 is 34.8 Å². The van der Waals surface area contributed by atoms with E-state index in [0.29, 0.717) is 28.4 Å². The van der Waals surface area contributed by atoms with Crippen LogP contribution in [0.15, 0.2) is 65.5 Å². The second kappa shape index (κ2) is 9.37. The smallest absolute Gasteiger partial charge is 0.291 e. The van der Waals surface area contributed by atoms with Crippen LogP contribution in [0.2, 0.25) is 5.02 Å². The van der Waals surface area contributed by atoms with Gasteiger partial charge in [0.25, 0.3) is 5.56 Å². The molecule has 2 amide bonds. The van der Waals surface area contributed by atoms with E-state index in [-0.39, 0.29) is 11.6 Å². The number of hydrogen-bond acceptors (Lipinski definition) is 4. The number of benzene rings is 2. The third kappa shape index (κ3) is 4.93. The Morgan fingerprint density at radius 1 is 1.07 bits per heavy atom. The van der Waals surface area contributed by atoms with Gasteiger partial charge in [0, 0.05) is 23.2 Å². The lowest BCUT2D eigenvalue weighted by atomic mass is 10.1. The number of carbonyl (C=O) groups is 2. The molecule has 1 atom stereocenters. The van der Waals surface area contributed by atoms with E-state index in [2.05, 4.69) is 15.7 Å². The van der Waals surface area contributed by atoms with E-state index < -0.39 is 17.5 Å². The number of anilines is 2. The van der Waals surface area contributed by atoms with E-state index in [1.54, 1.807) is 55.5 Å². The number of hydrogen-bond donors (Lipinski definition) is 2. The van der Waals surface area contributed by atoms with Gasteiger partial charge in [-0.1, -0.05) is 48.9 Å². The van der Waals surface area contributed by atoms with E-state index >= 15 is 0 Å². The summed E-state index contributed by atoms with van der Waals surface area (Å²) in [6.07, 6.45) is 0.329. The average Bonchev–Trinajstić information content (AvgIpc) is 2.72. The number of rotatable bonds is 6. The Morgan fingerprint density at radius 2 is 1.73 bits per heavy atom. The van der Waals surface area contributed by atoms with Crippen LogP contribution in [-0.4, -0.2) is 21.6 Å². The summed E-state index contributed by atoms with van der Waals surface area (Å²) in [7, 11) is 0. The summed E-state index contributed by atoms with van der Waals surface area (Å²) in [5, 5.41) is 10.3. The Morgan fingerprint density at radius 3 is 2.33 bits per heavy atom. The zero-order chi connectivity index (χ0) is 21.7. The summed E-state index contributed by atoms with van der Waals surface area (Å²) in [6.45, 7) is 3.10. The van der Waals surface area contributed by atoms with Crippen molar-refractivity contribution in [2.24, 2.45) is 0 Å². The fourth-order valence-corrected chi connectivity index (χ4v) is 3.11. The lowest BCUT2D eigenvalue weighted by molar-refractivity contribution is -0.119. The van der Waals surface area contributed by atoms with E-state index in [1.807, 2.05) is 6.07 Å². The SMILES string of the molecule is CCC(C(=O)Nc1ccccc1)n1nc(-c2ccc(Cl)cc2)cc(NC(C)=O)c1=O. The molecule has 8 heteroatoms. The number of aromatic nitrogens is 2. The minimum absolute atomic E-state index is 0.0495. The first-order valence-electron chi connectivity index (χ1n) is 9.42. The standard InChI is InChI=1S/C22H21ClN4O3/c1-3-20(21(29)25-17-7-5-4-6-8-17)27-22(30)19(24-14(2)28)13-18(26-27)15-9-11-16(23)12-10-15/h4-13,20H,3H2,1-2H3,(H,24,28)(H,25,29). The molecule has 2 aromatic carbocycles. The molecule has 3 rings (SSSR count). The van der Waals surface area contributed by atoms with E-state index in [9.17, 15) is 14.4 Å². The maximum atomic E-state index is 13.0. The van der Waals surface area contributed by atoms with Gasteiger partial charge in [-0.3, -0.25) is 14.4 Å². The monoisotopic (exact) mass is 424 g/mol. The second-order valence-electron chi connectivity index (χ2n) is 6.66. The number of nitrogens with one attached hydrogen (secondary N) is 2. The van der Waals surface area contributed by atoms with Gasteiger partial charge in [0.15, 0.2) is 0 Å². The van der Waals surface area contributed by atoms with Crippen LogP contribution in [0.25, 0.3) is 11.3 Å². The largest absolute Gasteiger partial charge is 0.324 e. The van der Waals surface area contributed by atoms with Crippen LogP contribution in [-0.2, 0) is 9.59 Å². The first-order chi connectivity index (χ1) is 14.4. The van der Waals surface area contributed by atoms with Gasteiger partial charge in [-0.05, 0) is 36.8 Å². The fraction of sp³-hybridized carbons (Fsp3) is 0.182. The minimum Gasteiger partial charge on any atom is -0.324 e. The minimum atomic E-state index is -0.863. The van der Waals surface area contributed by atoms with Gasteiger partial charge in [0.05, 0.1) is 5.69 Å². The van der Waals surface area contributed by atoms with Gasteiger partial charge in [-0.25, -0.2) is 4.68 Å². The molecule has 7 nitrogen and oxygen atoms in total. The molecule has 1 aromatic heterocycles. The summed E-state index contributed by atoms with van der Waals surface area (Å²) < 4.78 is 1.12. The van der Waals surface area contributed by atoms with Crippen LogP contribution in [0.4, 0.5) is 11.4 Å². The zero-order valence-electron chi connectivity index (χ0n) is 16.6. The molecule has 0 aliphatic carbocycles. The fourth-order valence-electron chi connectivity index (χ4n) is 2.98. The normalized spacial score (nSPS) is 11.6. The second-order valence-corrected chi connectivity index (χ2v) is 7.10. The first kappa shape index (κ1) is 21.3. The highest BCUT2D eigenvalue weighted by molar-refractivity contribution is 6.30. The van der Waals surface area contributed by atoms with Gasteiger partial charge in [0.1, 0.15) is 11.7 Å². The summed E-state index contributed by atoms with van der Waals surface area (Å²) in [5.41, 5.74) is 1.23. The Labute approximate surface area is 178 Å². The quantitative estimate of drug-likeness (QED) is 0.622. The van der Waals surface area contributed by atoms with Crippen molar-refractivity contribution in [3.63, 3.8) is 0 Å². The van der Waals surface area contributed by atoms with Crippen molar-refractivity contribution < 1.29 is 9.59 Å². The number of nitrogens with zero attached hydrogens (tertiary/aromatic N) is 2. The van der Waals surface area contributed by atoms with Crippen molar-refractivity contribution in [1.82, 2.24) is 9.78 Å². The van der Waals surface area contributed by atoms with Gasteiger partial charge in [-0.15, -0.1) is 0 Å². The summed E-state index contributed by atoms with van der Waals surface area (Å²) >= 11 is 5.96. The van der Waals surface area contributed by atoms with E-state index in [1.165, 1.54) is 13.0 Å². The molecule has 0 fully saturated rings. The van der Waals surface area contributed by atoms with Gasteiger partial charge < -0.3 is 10.6 Å². The molecule has 3 aromatic rings. The van der Waals surface area contributed by atoms with Gasteiger partial charge in [0.2, 0.25) is 11.8 Å². The Hall–Kier alpha value is -3.45. The van der Waals surface area contributed by atoms with Crippen LogP contribution < -0.4 is 16.2 Å². The first-order valence-corrected chi connectivity index (χ1v) is 9.80. The molecule has 2 N–H and O–H groups in total. The maximum Gasteiger partial charge on any atom is 0.291 e. The van der Waals surface area contributed by atoms with Gasteiger partial charge >= 0.3 is 0 Å². The molecule has 0 saturated heterocycles. The third-order valence-corrected chi connectivity index (χ3v) is 4.66. The number of para-hydroxylation sites is 1. The molecule has 154 valence electrons. The lowest BCUT2D eigenvalue weighted by Gasteiger charge is -2.19. The highest BCUT2D eigenvalue weighted by Gasteiger charge is 2.23. The Bertz CT molecular complexity index is 1110. The average molecular weight is 425 g/mol. The third-order valence-electron chi connectivity index (χ3n) is 4.41. The number of halogens is 1. The highest BCUT2D eigenvalue weighted by Crippen LogP contribution is 2.22. The van der Waals surface area contributed by atoms with Crippen molar-refractivity contribution in [1.29, 1.82) is 0 Å². The Kier molecular flexibility index (Phi) is 6.64. The molecule has 30 heavy (non-hydrogen) atoms. The number of amides is 2. The predicted octanol–water partition coefficient (Wildman–Crippen LogP) is 4.11. The predicted molar refractivity (Wildman–Crippen MR) is 118 cm³/mol. The van der Waals surface area contributed by atoms with Crippen molar-refractivity contribution in [2.75, 3.05) is 10.6 Å². The molecule has 0 spiro atoms. The number of carbonyl (C=O) groups excluding carboxylic acids is 2. The molecule has 0 radical (unpaired) electrons. The summed E-state index contributed by atoms with van der Waals surface area (Å²) in [6, 6.07) is 16.5. The van der Waals surface area contributed by atoms with Crippen molar-refractivity contribution in [2.45, 2.75) is 26.3 Å². The van der Waals surface area contributed by atoms with E-state index in [0.717, 1.165) is 4.68 Å². The van der Waals surface area contributed by atoms with Crippen LogP contribution in [0.5, 0.6) is 0 Å². The van der Waals surface area contributed by atoms with Crippen molar-refractivity contribution in [3.8, 4) is 11.3 Å². The van der Waals surface area contributed by atoms with Crippen LogP contribution in [0.1, 0.15) is 26.3 Å². The molecule has 0 aliphatic heterocycles. The molecular weight excluding hydrogens is 404 g/mol. The van der Waals surface area contributed by atoms with Crippen LogP contribution >= 0.6 is 11.6 Å². The summed E-state index contributed by atoms with van der Waals surface area (Å²) in [5.74, 6) is -0.769. The topological polar surface area (TPSA) is 93.1 Å². The van der Waals surface area contributed by atoms with Crippen molar-refractivity contribution in [3.05, 3.63) is 76.0 Å². The van der Waals surface area contributed by atoms with Crippen LogP contribution in [0.3, 0.4) is 0 Å². The molecule has 1 heterocycles. The highest BCUT2D eigenvalue weighted by atomic mass is 35.5. The maximum absolute atomic E-state index is 13.0. The molecule has 0 aliphatic rings. The molecule has 0 saturated carbocycles. The van der Waals surface area contributed by atoms with Crippen LogP contribution in [0, 0.1) is 0 Å². The Balaban J connectivity index is 2.07. The molecular formula is C22H21ClN4O3. The molecule has 1 unspecified atom stereocenters. The zero-order valence-corrected chi connectivity index (χ0v) is 17.3. The lowest BCUT2D eigenvalue weighted by Crippen LogP contribution is -2.36.